The third kappa shape index (κ3) is 4.26. The van der Waals surface area contributed by atoms with Gasteiger partial charge in [-0.05, 0) is 17.7 Å². The number of methoxy groups -OCH3 is 1. The molecule has 1 aromatic carbocycles. The Balaban J connectivity index is 1.74. The normalized spacial score (nSPS) is 10.4. The first-order valence-corrected chi connectivity index (χ1v) is 6.34. The van der Waals surface area contributed by atoms with E-state index in [2.05, 4.69) is 10.3 Å². The average molecular weight is 291 g/mol. The Hall–Kier alpha value is -2.45. The Kier molecular flexibility index (Phi) is 5.24. The van der Waals surface area contributed by atoms with Crippen molar-refractivity contribution in [3.05, 3.63) is 41.7 Å². The predicted octanol–water partition coefficient (Wildman–Crippen LogP) is 0.107. The minimum absolute atomic E-state index is 0.174. The van der Waals surface area contributed by atoms with E-state index in [0.29, 0.717) is 19.8 Å². The molecule has 112 valence electrons. The number of amides is 1. The fraction of sp³-hybridized carbons (Fsp3) is 0.308. The van der Waals surface area contributed by atoms with Gasteiger partial charge in [-0.25, -0.2) is 10.5 Å². The van der Waals surface area contributed by atoms with Crippen LogP contribution in [0.3, 0.4) is 0 Å². The average Bonchev–Trinajstić information content (AvgIpc) is 3.00. The monoisotopic (exact) mass is 291 g/mol. The maximum atomic E-state index is 11.2. The van der Waals surface area contributed by atoms with Gasteiger partial charge in [0.05, 0.1) is 33.1 Å². The highest BCUT2D eigenvalue weighted by Gasteiger charge is 2.08. The van der Waals surface area contributed by atoms with Crippen molar-refractivity contribution in [1.29, 1.82) is 0 Å². The lowest BCUT2D eigenvalue weighted by atomic mass is 10.2. The molecule has 1 amide bonds. The molecule has 0 aliphatic rings. The number of benzene rings is 1. The fourth-order valence-corrected chi connectivity index (χ4v) is 1.66. The number of ether oxygens (including phenoxy) is 2. The number of hydrazine groups is 1. The van der Waals surface area contributed by atoms with E-state index in [0.717, 1.165) is 11.3 Å². The topological polar surface area (TPSA) is 104 Å². The number of nitrogen functional groups attached to an aromatic ring is 1. The molecule has 0 aliphatic carbocycles. The SMILES string of the molecule is COc1ccc(COCCn2cc(C(=O)NN)nn2)cc1. The zero-order chi connectivity index (χ0) is 15.1. The van der Waals surface area contributed by atoms with Crippen LogP contribution < -0.4 is 16.0 Å². The molecule has 0 atom stereocenters. The van der Waals surface area contributed by atoms with E-state index < -0.39 is 5.91 Å². The zero-order valence-electron chi connectivity index (χ0n) is 11.7. The van der Waals surface area contributed by atoms with Crippen molar-refractivity contribution >= 4 is 5.91 Å². The molecule has 0 radical (unpaired) electrons. The summed E-state index contributed by atoms with van der Waals surface area (Å²) in [5.41, 5.74) is 3.22. The molecule has 8 nitrogen and oxygen atoms in total. The number of carbonyl (C=O) groups excluding carboxylic acids is 1. The molecular weight excluding hydrogens is 274 g/mol. The number of nitrogens with zero attached hydrogens (tertiary/aromatic N) is 3. The van der Waals surface area contributed by atoms with Crippen molar-refractivity contribution in [1.82, 2.24) is 20.4 Å². The highest BCUT2D eigenvalue weighted by molar-refractivity contribution is 5.91. The maximum Gasteiger partial charge on any atom is 0.287 e. The molecule has 0 saturated heterocycles. The van der Waals surface area contributed by atoms with E-state index in [1.807, 2.05) is 29.7 Å². The van der Waals surface area contributed by atoms with Crippen molar-refractivity contribution in [2.45, 2.75) is 13.2 Å². The quantitative estimate of drug-likeness (QED) is 0.325. The van der Waals surface area contributed by atoms with Crippen molar-refractivity contribution < 1.29 is 14.3 Å². The van der Waals surface area contributed by atoms with E-state index in [-0.39, 0.29) is 5.69 Å². The number of rotatable bonds is 7. The highest BCUT2D eigenvalue weighted by atomic mass is 16.5. The second-order valence-corrected chi connectivity index (χ2v) is 4.24. The third-order valence-corrected chi connectivity index (χ3v) is 2.79. The van der Waals surface area contributed by atoms with Gasteiger partial charge in [0.25, 0.3) is 5.91 Å². The Morgan fingerprint density at radius 3 is 2.81 bits per heavy atom. The zero-order valence-corrected chi connectivity index (χ0v) is 11.7. The number of hydrogen-bond acceptors (Lipinski definition) is 6. The molecule has 1 heterocycles. The van der Waals surface area contributed by atoms with Crippen LogP contribution in [0.4, 0.5) is 0 Å². The Labute approximate surface area is 121 Å². The van der Waals surface area contributed by atoms with Crippen LogP contribution >= 0.6 is 0 Å². The molecule has 3 N–H and O–H groups in total. The van der Waals surface area contributed by atoms with Gasteiger partial charge in [-0.1, -0.05) is 17.3 Å². The van der Waals surface area contributed by atoms with Crippen LogP contribution in [0.25, 0.3) is 0 Å². The number of hydrogen-bond donors (Lipinski definition) is 2. The predicted molar refractivity (Wildman–Crippen MR) is 74.3 cm³/mol. The smallest absolute Gasteiger partial charge is 0.287 e. The van der Waals surface area contributed by atoms with E-state index in [9.17, 15) is 4.79 Å². The lowest BCUT2D eigenvalue weighted by Gasteiger charge is -2.05. The Morgan fingerprint density at radius 1 is 1.38 bits per heavy atom. The summed E-state index contributed by atoms with van der Waals surface area (Å²) in [6.45, 7) is 1.45. The van der Waals surface area contributed by atoms with E-state index in [1.165, 1.54) is 10.9 Å². The first kappa shape index (κ1) is 14.9. The second-order valence-electron chi connectivity index (χ2n) is 4.24. The summed E-state index contributed by atoms with van der Waals surface area (Å²) in [4.78, 5) is 11.2. The first-order valence-electron chi connectivity index (χ1n) is 6.34. The summed E-state index contributed by atoms with van der Waals surface area (Å²) in [6.07, 6.45) is 1.51. The van der Waals surface area contributed by atoms with Gasteiger partial charge in [0.1, 0.15) is 5.75 Å². The summed E-state index contributed by atoms with van der Waals surface area (Å²) in [6, 6.07) is 7.65. The Bertz CT molecular complexity index is 582. The fourth-order valence-electron chi connectivity index (χ4n) is 1.66. The molecule has 0 fully saturated rings. The largest absolute Gasteiger partial charge is 0.497 e. The molecule has 0 aliphatic heterocycles. The molecule has 1 aromatic heterocycles. The van der Waals surface area contributed by atoms with Gasteiger partial charge < -0.3 is 9.47 Å². The number of carbonyl (C=O) groups is 1. The van der Waals surface area contributed by atoms with Crippen LogP contribution in [0.1, 0.15) is 16.1 Å². The van der Waals surface area contributed by atoms with Gasteiger partial charge in [-0.3, -0.25) is 10.2 Å². The van der Waals surface area contributed by atoms with Crippen molar-refractivity contribution in [3.63, 3.8) is 0 Å². The molecule has 0 saturated carbocycles. The second kappa shape index (κ2) is 7.36. The van der Waals surface area contributed by atoms with Crippen molar-refractivity contribution in [2.75, 3.05) is 13.7 Å². The lowest BCUT2D eigenvalue weighted by molar-refractivity contribution is 0.0948. The van der Waals surface area contributed by atoms with E-state index >= 15 is 0 Å². The van der Waals surface area contributed by atoms with Crippen molar-refractivity contribution in [3.8, 4) is 5.75 Å². The van der Waals surface area contributed by atoms with Crippen LogP contribution in [0, 0.1) is 0 Å². The van der Waals surface area contributed by atoms with E-state index in [1.54, 1.807) is 7.11 Å². The van der Waals surface area contributed by atoms with E-state index in [4.69, 9.17) is 15.3 Å². The standard InChI is InChI=1S/C13H17N5O3/c1-20-11-4-2-10(3-5-11)9-21-7-6-18-8-12(16-17-18)13(19)15-14/h2-5,8H,6-7,9,14H2,1H3,(H,15,19). The minimum atomic E-state index is -0.472. The van der Waals surface area contributed by atoms with Gasteiger partial charge in [0.15, 0.2) is 5.69 Å². The lowest BCUT2D eigenvalue weighted by Crippen LogP contribution is -2.30. The highest BCUT2D eigenvalue weighted by Crippen LogP contribution is 2.11. The molecule has 0 unspecified atom stereocenters. The third-order valence-electron chi connectivity index (χ3n) is 2.79. The van der Waals surface area contributed by atoms with Crippen LogP contribution in [0.2, 0.25) is 0 Å². The summed E-state index contributed by atoms with van der Waals surface area (Å²) in [5.74, 6) is 5.35. The summed E-state index contributed by atoms with van der Waals surface area (Å²) in [7, 11) is 1.63. The minimum Gasteiger partial charge on any atom is -0.497 e. The molecule has 0 bridgehead atoms. The Morgan fingerprint density at radius 2 is 2.14 bits per heavy atom. The summed E-state index contributed by atoms with van der Waals surface area (Å²) >= 11 is 0. The summed E-state index contributed by atoms with van der Waals surface area (Å²) < 4.78 is 12.1. The maximum absolute atomic E-state index is 11.2. The molecule has 8 heteroatoms. The van der Waals surface area contributed by atoms with Gasteiger partial charge >= 0.3 is 0 Å². The summed E-state index contributed by atoms with van der Waals surface area (Å²) in [5, 5.41) is 7.50. The van der Waals surface area contributed by atoms with Gasteiger partial charge in [-0.2, -0.15) is 0 Å². The number of aromatic nitrogens is 3. The molecule has 0 spiro atoms. The number of nitrogens with two attached hydrogens (primary N) is 1. The van der Waals surface area contributed by atoms with Crippen molar-refractivity contribution in [2.24, 2.45) is 5.84 Å². The molecule has 21 heavy (non-hydrogen) atoms. The molecule has 2 aromatic rings. The molecular formula is C13H17N5O3. The van der Waals surface area contributed by atoms with Gasteiger partial charge in [0, 0.05) is 0 Å². The first-order chi connectivity index (χ1) is 10.2. The van der Waals surface area contributed by atoms with Crippen LogP contribution in [0.5, 0.6) is 5.75 Å². The van der Waals surface area contributed by atoms with Crippen LogP contribution in [-0.2, 0) is 17.9 Å². The molecule has 2 rings (SSSR count). The van der Waals surface area contributed by atoms with Crippen LogP contribution in [0.15, 0.2) is 30.5 Å². The number of nitrogens with one attached hydrogen (secondary N) is 1. The van der Waals surface area contributed by atoms with Gasteiger partial charge in [-0.15, -0.1) is 5.10 Å². The van der Waals surface area contributed by atoms with Gasteiger partial charge in [0.2, 0.25) is 0 Å². The van der Waals surface area contributed by atoms with Crippen LogP contribution in [-0.4, -0.2) is 34.6 Å².